The Hall–Kier alpha value is -1.37. The quantitative estimate of drug-likeness (QED) is 0.756. The summed E-state index contributed by atoms with van der Waals surface area (Å²) >= 11 is 18.2. The molecule has 0 aliphatic carbocycles. The zero-order chi connectivity index (χ0) is 19.4. The van der Waals surface area contributed by atoms with E-state index < -0.39 is 5.82 Å². The molecular weight excluding hydrogens is 412 g/mol. The predicted octanol–water partition coefficient (Wildman–Crippen LogP) is 4.54. The minimum Gasteiger partial charge on any atom is -0.325 e. The van der Waals surface area contributed by atoms with Crippen LogP contribution in [-0.4, -0.2) is 48.4 Å². The Bertz CT molecular complexity index is 806. The molecule has 0 unspecified atom stereocenters. The van der Waals surface area contributed by atoms with Gasteiger partial charge in [-0.1, -0.05) is 40.9 Å². The number of piperazine rings is 1. The Labute approximate surface area is 172 Å². The lowest BCUT2D eigenvalue weighted by Crippen LogP contribution is -2.48. The number of amides is 1. The predicted molar refractivity (Wildman–Crippen MR) is 108 cm³/mol. The molecule has 144 valence electrons. The molecule has 1 aliphatic rings. The third kappa shape index (κ3) is 5.56. The first-order valence-corrected chi connectivity index (χ1v) is 9.68. The van der Waals surface area contributed by atoms with E-state index in [4.69, 9.17) is 34.8 Å². The van der Waals surface area contributed by atoms with Crippen molar-refractivity contribution in [3.63, 3.8) is 0 Å². The van der Waals surface area contributed by atoms with E-state index in [1.807, 2.05) is 18.2 Å². The highest BCUT2D eigenvalue weighted by molar-refractivity contribution is 6.36. The molecule has 1 N–H and O–H groups in total. The molecular formula is C19H19Cl3FN3O. The van der Waals surface area contributed by atoms with Gasteiger partial charge in [-0.3, -0.25) is 14.6 Å². The number of nitrogens with one attached hydrogen (secondary N) is 1. The number of nitrogens with zero attached hydrogens (tertiary/aromatic N) is 2. The molecule has 0 aromatic heterocycles. The summed E-state index contributed by atoms with van der Waals surface area (Å²) in [5.74, 6) is -0.662. The fraction of sp³-hybridized carbons (Fsp3) is 0.316. The smallest absolute Gasteiger partial charge is 0.238 e. The third-order valence-electron chi connectivity index (χ3n) is 4.48. The third-order valence-corrected chi connectivity index (χ3v) is 5.48. The number of benzene rings is 2. The van der Waals surface area contributed by atoms with Crippen molar-refractivity contribution in [3.8, 4) is 0 Å². The number of carbonyl (C=O) groups is 1. The van der Waals surface area contributed by atoms with Gasteiger partial charge in [0.05, 0.1) is 11.6 Å². The summed E-state index contributed by atoms with van der Waals surface area (Å²) in [7, 11) is 0. The maximum Gasteiger partial charge on any atom is 0.238 e. The van der Waals surface area contributed by atoms with Crippen LogP contribution in [-0.2, 0) is 11.3 Å². The van der Waals surface area contributed by atoms with Crippen LogP contribution in [0.1, 0.15) is 5.56 Å². The fourth-order valence-electron chi connectivity index (χ4n) is 2.99. The van der Waals surface area contributed by atoms with E-state index in [1.54, 1.807) is 0 Å². The van der Waals surface area contributed by atoms with Crippen molar-refractivity contribution in [2.45, 2.75) is 6.54 Å². The average Bonchev–Trinajstić information content (AvgIpc) is 2.63. The lowest BCUT2D eigenvalue weighted by molar-refractivity contribution is -0.117. The summed E-state index contributed by atoms with van der Waals surface area (Å²) in [6, 6.07) is 9.64. The Kier molecular flexibility index (Phi) is 6.95. The second kappa shape index (κ2) is 9.22. The highest BCUT2D eigenvalue weighted by Gasteiger charge is 2.20. The molecule has 1 amide bonds. The van der Waals surface area contributed by atoms with E-state index >= 15 is 0 Å². The van der Waals surface area contributed by atoms with E-state index in [9.17, 15) is 9.18 Å². The molecule has 4 nitrogen and oxygen atoms in total. The Morgan fingerprint density at radius 3 is 2.22 bits per heavy atom. The molecule has 1 fully saturated rings. The van der Waals surface area contributed by atoms with Gasteiger partial charge in [-0.25, -0.2) is 4.39 Å². The molecule has 2 aromatic rings. The zero-order valence-electron chi connectivity index (χ0n) is 14.5. The molecule has 27 heavy (non-hydrogen) atoms. The average molecular weight is 431 g/mol. The summed E-state index contributed by atoms with van der Waals surface area (Å²) in [4.78, 5) is 16.5. The molecule has 3 rings (SSSR count). The number of hydrogen-bond acceptors (Lipinski definition) is 3. The molecule has 0 radical (unpaired) electrons. The zero-order valence-corrected chi connectivity index (χ0v) is 16.8. The van der Waals surface area contributed by atoms with E-state index in [-0.39, 0.29) is 17.5 Å². The van der Waals surface area contributed by atoms with E-state index in [1.165, 1.54) is 18.2 Å². The van der Waals surface area contributed by atoms with Gasteiger partial charge in [-0.05, 0) is 30.3 Å². The van der Waals surface area contributed by atoms with Crippen LogP contribution in [0.4, 0.5) is 10.1 Å². The molecule has 0 spiro atoms. The van der Waals surface area contributed by atoms with Gasteiger partial charge < -0.3 is 5.32 Å². The summed E-state index contributed by atoms with van der Waals surface area (Å²) in [5, 5.41) is 4.07. The van der Waals surface area contributed by atoms with E-state index in [0.29, 0.717) is 22.3 Å². The lowest BCUT2D eigenvalue weighted by Gasteiger charge is -2.34. The summed E-state index contributed by atoms with van der Waals surface area (Å²) in [5.41, 5.74) is 1.42. The van der Waals surface area contributed by atoms with Crippen molar-refractivity contribution in [3.05, 3.63) is 62.8 Å². The highest BCUT2D eigenvalue weighted by atomic mass is 35.5. The van der Waals surface area contributed by atoms with Gasteiger partial charge in [-0.15, -0.1) is 0 Å². The number of hydrogen-bond donors (Lipinski definition) is 1. The highest BCUT2D eigenvalue weighted by Crippen LogP contribution is 2.26. The Morgan fingerprint density at radius 2 is 1.59 bits per heavy atom. The van der Waals surface area contributed by atoms with Crippen LogP contribution in [0.2, 0.25) is 15.1 Å². The number of halogens is 4. The summed E-state index contributed by atoms with van der Waals surface area (Å²) < 4.78 is 13.2. The first-order valence-electron chi connectivity index (χ1n) is 8.55. The molecule has 8 heteroatoms. The molecule has 0 saturated carbocycles. The largest absolute Gasteiger partial charge is 0.325 e. The van der Waals surface area contributed by atoms with Crippen LogP contribution in [0.3, 0.4) is 0 Å². The Balaban J connectivity index is 1.47. The molecule has 1 aliphatic heterocycles. The van der Waals surface area contributed by atoms with Gasteiger partial charge in [0.1, 0.15) is 5.82 Å². The molecule has 0 bridgehead atoms. The SMILES string of the molecule is O=C(CN1CCN(Cc2c(Cl)cccc2Cl)CC1)Nc1ccc(F)c(Cl)c1. The van der Waals surface area contributed by atoms with Crippen LogP contribution >= 0.6 is 34.8 Å². The first-order chi connectivity index (χ1) is 12.9. The van der Waals surface area contributed by atoms with Crippen LogP contribution in [0, 0.1) is 5.82 Å². The minimum atomic E-state index is -0.510. The van der Waals surface area contributed by atoms with E-state index in [0.717, 1.165) is 31.7 Å². The fourth-order valence-corrected chi connectivity index (χ4v) is 3.69. The summed E-state index contributed by atoms with van der Waals surface area (Å²) in [6.45, 7) is 4.12. The normalized spacial score (nSPS) is 15.7. The van der Waals surface area contributed by atoms with Crippen molar-refractivity contribution < 1.29 is 9.18 Å². The van der Waals surface area contributed by atoms with Gasteiger partial charge in [0.15, 0.2) is 0 Å². The van der Waals surface area contributed by atoms with Crippen molar-refractivity contribution in [2.24, 2.45) is 0 Å². The molecule has 1 saturated heterocycles. The topological polar surface area (TPSA) is 35.6 Å². The van der Waals surface area contributed by atoms with Crippen molar-refractivity contribution in [1.29, 1.82) is 0 Å². The van der Waals surface area contributed by atoms with Crippen LogP contribution in [0.15, 0.2) is 36.4 Å². The van der Waals surface area contributed by atoms with E-state index in [2.05, 4.69) is 15.1 Å². The first kappa shape index (κ1) is 20.4. The van der Waals surface area contributed by atoms with Gasteiger partial charge in [0, 0.05) is 54.0 Å². The number of rotatable bonds is 5. The van der Waals surface area contributed by atoms with Crippen LogP contribution in [0.5, 0.6) is 0 Å². The second-order valence-corrected chi connectivity index (χ2v) is 7.65. The number of carbonyl (C=O) groups excluding carboxylic acids is 1. The standard InChI is InChI=1S/C19H19Cl3FN3O/c20-15-2-1-3-16(21)14(15)11-25-6-8-26(9-7-25)12-19(27)24-13-4-5-18(23)17(22)10-13/h1-5,10H,6-9,11-12H2,(H,24,27). The lowest BCUT2D eigenvalue weighted by atomic mass is 10.2. The molecule has 0 atom stereocenters. The van der Waals surface area contributed by atoms with Crippen LogP contribution in [0.25, 0.3) is 0 Å². The van der Waals surface area contributed by atoms with Gasteiger partial charge in [0.25, 0.3) is 0 Å². The van der Waals surface area contributed by atoms with Crippen molar-refractivity contribution in [1.82, 2.24) is 9.80 Å². The van der Waals surface area contributed by atoms with Crippen LogP contribution < -0.4 is 5.32 Å². The van der Waals surface area contributed by atoms with Crippen molar-refractivity contribution >= 4 is 46.4 Å². The number of anilines is 1. The Morgan fingerprint density at radius 1 is 0.963 bits per heavy atom. The maximum absolute atomic E-state index is 13.2. The monoisotopic (exact) mass is 429 g/mol. The maximum atomic E-state index is 13.2. The van der Waals surface area contributed by atoms with Crippen molar-refractivity contribution in [2.75, 3.05) is 38.0 Å². The summed E-state index contributed by atoms with van der Waals surface area (Å²) in [6.07, 6.45) is 0. The van der Waals surface area contributed by atoms with Gasteiger partial charge >= 0.3 is 0 Å². The minimum absolute atomic E-state index is 0.0142. The molecule has 1 heterocycles. The second-order valence-electron chi connectivity index (χ2n) is 6.43. The van der Waals surface area contributed by atoms with Gasteiger partial charge in [0.2, 0.25) is 5.91 Å². The van der Waals surface area contributed by atoms with Gasteiger partial charge in [-0.2, -0.15) is 0 Å². The molecule has 2 aromatic carbocycles.